The fraction of sp³-hybridized carbons (Fsp3) is 0.333. The van der Waals surface area contributed by atoms with E-state index in [2.05, 4.69) is 9.97 Å². The lowest BCUT2D eigenvalue weighted by atomic mass is 9.99. The van der Waals surface area contributed by atoms with E-state index in [1.165, 1.54) is 6.07 Å². The highest BCUT2D eigenvalue weighted by atomic mass is 32.2. The zero-order valence-corrected chi connectivity index (χ0v) is 18.7. The molecule has 3 aromatic rings. The van der Waals surface area contributed by atoms with Gasteiger partial charge in [-0.1, -0.05) is 19.1 Å². The van der Waals surface area contributed by atoms with Gasteiger partial charge in [-0.3, -0.25) is 0 Å². The van der Waals surface area contributed by atoms with Crippen LogP contribution in [0.4, 0.5) is 16.0 Å². The molecule has 2 heterocycles. The summed E-state index contributed by atoms with van der Waals surface area (Å²) in [7, 11) is -3.33. The summed E-state index contributed by atoms with van der Waals surface area (Å²) in [6, 6.07) is 9.83. The van der Waals surface area contributed by atoms with Crippen LogP contribution < -0.4 is 4.90 Å². The van der Waals surface area contributed by atoms with Crippen molar-refractivity contribution in [2.24, 2.45) is 0 Å². The van der Waals surface area contributed by atoms with E-state index < -0.39 is 21.8 Å². The summed E-state index contributed by atoms with van der Waals surface area (Å²) in [5, 5.41) is 9.82. The number of aliphatic hydroxyl groups excluding tert-OH is 1. The standard InChI is InChI=1S/C24H24FN3O3S/c1-3-32(30,31)18-5-6-20-22(11-18)28(14-24(20)8-9-24)23-26-12-17(13-27-23)19-10-16(15(2)29)4-7-21(19)25/h4-7,10-13,15,29H,3,8-9,14H2,1-2H3. The van der Waals surface area contributed by atoms with Gasteiger partial charge in [0.25, 0.3) is 0 Å². The minimum Gasteiger partial charge on any atom is -0.389 e. The number of hydrogen-bond donors (Lipinski definition) is 1. The Kier molecular flexibility index (Phi) is 4.83. The number of rotatable bonds is 5. The van der Waals surface area contributed by atoms with Crippen LogP contribution in [0.15, 0.2) is 53.7 Å². The molecule has 1 unspecified atom stereocenters. The largest absolute Gasteiger partial charge is 0.389 e. The van der Waals surface area contributed by atoms with E-state index in [0.29, 0.717) is 34.1 Å². The van der Waals surface area contributed by atoms with Gasteiger partial charge in [0.1, 0.15) is 5.82 Å². The number of aliphatic hydroxyl groups is 1. The smallest absolute Gasteiger partial charge is 0.229 e. The summed E-state index contributed by atoms with van der Waals surface area (Å²) in [5.74, 6) is 0.0830. The Morgan fingerprint density at radius 3 is 2.50 bits per heavy atom. The highest BCUT2D eigenvalue weighted by molar-refractivity contribution is 7.91. The molecule has 2 aromatic carbocycles. The molecular weight excluding hydrogens is 429 g/mol. The number of hydrogen-bond acceptors (Lipinski definition) is 6. The molecule has 166 valence electrons. The maximum absolute atomic E-state index is 14.4. The van der Waals surface area contributed by atoms with Crippen LogP contribution >= 0.6 is 0 Å². The molecule has 1 saturated carbocycles. The molecule has 1 aromatic heterocycles. The zero-order valence-electron chi connectivity index (χ0n) is 17.9. The average molecular weight is 454 g/mol. The molecule has 8 heteroatoms. The molecule has 1 aliphatic carbocycles. The van der Waals surface area contributed by atoms with Crippen molar-refractivity contribution in [3.05, 3.63) is 65.7 Å². The predicted octanol–water partition coefficient (Wildman–Crippen LogP) is 4.31. The van der Waals surface area contributed by atoms with Gasteiger partial charge in [-0.05, 0) is 55.2 Å². The maximum atomic E-state index is 14.4. The van der Waals surface area contributed by atoms with Gasteiger partial charge in [0.2, 0.25) is 5.95 Å². The molecule has 0 bridgehead atoms. The third kappa shape index (κ3) is 3.38. The molecule has 0 radical (unpaired) electrons. The van der Waals surface area contributed by atoms with Crippen LogP contribution in [-0.4, -0.2) is 35.8 Å². The van der Waals surface area contributed by atoms with Gasteiger partial charge in [-0.2, -0.15) is 0 Å². The predicted molar refractivity (Wildman–Crippen MR) is 120 cm³/mol. The summed E-state index contributed by atoms with van der Waals surface area (Å²) < 4.78 is 39.3. The summed E-state index contributed by atoms with van der Waals surface area (Å²) in [6.07, 6.45) is 4.52. The highest BCUT2D eigenvalue weighted by Crippen LogP contribution is 2.58. The van der Waals surface area contributed by atoms with Gasteiger partial charge in [0, 0.05) is 41.2 Å². The van der Waals surface area contributed by atoms with E-state index in [1.807, 2.05) is 11.0 Å². The lowest BCUT2D eigenvalue weighted by Gasteiger charge is -2.18. The molecule has 1 atom stereocenters. The molecule has 1 N–H and O–H groups in total. The first kappa shape index (κ1) is 21.0. The molecule has 0 saturated heterocycles. The molecule has 32 heavy (non-hydrogen) atoms. The second-order valence-electron chi connectivity index (χ2n) is 8.64. The summed E-state index contributed by atoms with van der Waals surface area (Å²) >= 11 is 0. The third-order valence-corrected chi connectivity index (χ3v) is 8.28. The lowest BCUT2D eigenvalue weighted by molar-refractivity contribution is 0.199. The fourth-order valence-corrected chi connectivity index (χ4v) is 5.30. The fourth-order valence-electron chi connectivity index (χ4n) is 4.40. The number of halogens is 1. The van der Waals surface area contributed by atoms with Crippen molar-refractivity contribution in [3.63, 3.8) is 0 Å². The summed E-state index contributed by atoms with van der Waals surface area (Å²) in [5.41, 5.74) is 3.44. The van der Waals surface area contributed by atoms with Crippen molar-refractivity contribution in [1.29, 1.82) is 0 Å². The van der Waals surface area contributed by atoms with E-state index in [1.54, 1.807) is 50.5 Å². The second-order valence-corrected chi connectivity index (χ2v) is 10.9. The minimum absolute atomic E-state index is 0.0313. The van der Waals surface area contributed by atoms with Crippen LogP contribution in [0.3, 0.4) is 0 Å². The van der Waals surface area contributed by atoms with Crippen LogP contribution in [0.2, 0.25) is 0 Å². The Bertz CT molecular complexity index is 1300. The zero-order chi connectivity index (χ0) is 22.7. The van der Waals surface area contributed by atoms with E-state index >= 15 is 0 Å². The highest BCUT2D eigenvalue weighted by Gasteiger charge is 2.52. The van der Waals surface area contributed by atoms with E-state index in [4.69, 9.17) is 0 Å². The molecule has 6 nitrogen and oxygen atoms in total. The van der Waals surface area contributed by atoms with Gasteiger partial charge in [-0.15, -0.1) is 0 Å². The average Bonchev–Trinajstić information content (AvgIpc) is 3.50. The molecular formula is C24H24FN3O3S. The molecule has 1 fully saturated rings. The first-order chi connectivity index (χ1) is 15.2. The van der Waals surface area contributed by atoms with Crippen LogP contribution in [0, 0.1) is 5.82 Å². The van der Waals surface area contributed by atoms with Crippen molar-refractivity contribution in [1.82, 2.24) is 9.97 Å². The van der Waals surface area contributed by atoms with Gasteiger partial charge >= 0.3 is 0 Å². The summed E-state index contributed by atoms with van der Waals surface area (Å²) in [6.45, 7) is 3.96. The number of sulfone groups is 1. The quantitative estimate of drug-likeness (QED) is 0.620. The first-order valence-corrected chi connectivity index (χ1v) is 12.3. The lowest BCUT2D eigenvalue weighted by Crippen LogP contribution is -2.21. The van der Waals surface area contributed by atoms with Crippen molar-refractivity contribution in [2.45, 2.75) is 43.1 Å². The first-order valence-electron chi connectivity index (χ1n) is 10.7. The Balaban J connectivity index is 1.53. The van der Waals surface area contributed by atoms with Crippen LogP contribution in [0.5, 0.6) is 0 Å². The second kappa shape index (κ2) is 7.35. The Morgan fingerprint density at radius 1 is 1.16 bits per heavy atom. The molecule has 5 rings (SSSR count). The van der Waals surface area contributed by atoms with E-state index in [9.17, 15) is 17.9 Å². The number of anilines is 2. The van der Waals surface area contributed by atoms with Gasteiger partial charge in [-0.25, -0.2) is 22.8 Å². The van der Waals surface area contributed by atoms with E-state index in [0.717, 1.165) is 24.1 Å². The maximum Gasteiger partial charge on any atom is 0.229 e. The Morgan fingerprint density at radius 2 is 1.88 bits per heavy atom. The minimum atomic E-state index is -3.33. The number of fused-ring (bicyclic) bond motifs is 2. The van der Waals surface area contributed by atoms with Crippen LogP contribution in [0.25, 0.3) is 11.1 Å². The Labute approximate surface area is 186 Å². The van der Waals surface area contributed by atoms with Gasteiger partial charge in [0.15, 0.2) is 9.84 Å². The SMILES string of the molecule is CCS(=O)(=O)c1ccc2c(c1)N(c1ncc(-c3cc(C(C)O)ccc3F)cn1)CC21CC1. The van der Waals surface area contributed by atoms with Gasteiger partial charge in [0.05, 0.1) is 16.8 Å². The molecule has 1 spiro atoms. The molecule has 2 aliphatic rings. The van der Waals surface area contributed by atoms with Crippen LogP contribution in [-0.2, 0) is 15.3 Å². The number of aromatic nitrogens is 2. The van der Waals surface area contributed by atoms with Crippen molar-refractivity contribution >= 4 is 21.5 Å². The monoisotopic (exact) mass is 453 g/mol. The van der Waals surface area contributed by atoms with Crippen molar-refractivity contribution < 1.29 is 17.9 Å². The number of nitrogens with zero attached hydrogens (tertiary/aromatic N) is 3. The number of benzene rings is 2. The molecule has 1 aliphatic heterocycles. The van der Waals surface area contributed by atoms with Crippen molar-refractivity contribution in [3.8, 4) is 11.1 Å². The van der Waals surface area contributed by atoms with Gasteiger partial charge < -0.3 is 10.0 Å². The summed E-state index contributed by atoms with van der Waals surface area (Å²) in [4.78, 5) is 11.2. The third-order valence-electron chi connectivity index (χ3n) is 6.55. The van der Waals surface area contributed by atoms with E-state index in [-0.39, 0.29) is 11.2 Å². The topological polar surface area (TPSA) is 83.4 Å². The van der Waals surface area contributed by atoms with Crippen molar-refractivity contribution in [2.75, 3.05) is 17.2 Å². The normalized spacial score (nSPS) is 17.4. The Hall–Kier alpha value is -2.84. The molecule has 0 amide bonds. The van der Waals surface area contributed by atoms with Crippen LogP contribution in [0.1, 0.15) is 43.9 Å².